The highest BCUT2D eigenvalue weighted by Crippen LogP contribution is 2.49. The molecule has 22 heavy (non-hydrogen) atoms. The van der Waals surface area contributed by atoms with Crippen LogP contribution in [0.3, 0.4) is 0 Å². The van der Waals surface area contributed by atoms with Crippen molar-refractivity contribution < 1.29 is 14.3 Å². The first-order chi connectivity index (χ1) is 10.7. The van der Waals surface area contributed by atoms with Gasteiger partial charge in [0, 0.05) is 12.1 Å². The fraction of sp³-hybridized carbons (Fsp3) is 0.278. The summed E-state index contributed by atoms with van der Waals surface area (Å²) < 4.78 is 14.0. The fourth-order valence-electron chi connectivity index (χ4n) is 2.82. The Morgan fingerprint density at radius 1 is 1.09 bits per heavy atom. The predicted octanol–water partition coefficient (Wildman–Crippen LogP) is 2.67. The Bertz CT molecular complexity index is 695. The van der Waals surface area contributed by atoms with Crippen molar-refractivity contribution in [2.75, 3.05) is 0 Å². The lowest BCUT2D eigenvalue weighted by Gasteiger charge is -2.17. The molecule has 0 heterocycles. The summed E-state index contributed by atoms with van der Waals surface area (Å²) in [6, 6.07) is 13.9. The lowest BCUT2D eigenvalue weighted by molar-refractivity contribution is -0.123. The minimum Gasteiger partial charge on any atom is -0.392 e. The maximum Gasteiger partial charge on any atom is 0.231 e. The molecule has 0 aliphatic heterocycles. The van der Waals surface area contributed by atoms with E-state index in [9.17, 15) is 14.3 Å². The Morgan fingerprint density at radius 2 is 1.73 bits per heavy atom. The summed E-state index contributed by atoms with van der Waals surface area (Å²) in [5, 5.41) is 12.2. The highest BCUT2D eigenvalue weighted by Gasteiger charge is 2.52. The summed E-state index contributed by atoms with van der Waals surface area (Å²) in [6.07, 6.45) is 1.34. The Hall–Kier alpha value is -2.20. The summed E-state index contributed by atoms with van der Waals surface area (Å²) in [6.45, 7) is 0.274. The molecule has 0 atom stereocenters. The maximum atomic E-state index is 14.0. The molecule has 2 aromatic carbocycles. The lowest BCUT2D eigenvalue weighted by Crippen LogP contribution is -2.35. The van der Waals surface area contributed by atoms with Crippen molar-refractivity contribution in [3.05, 3.63) is 71.0 Å². The van der Waals surface area contributed by atoms with Crippen LogP contribution in [0.1, 0.15) is 29.5 Å². The van der Waals surface area contributed by atoms with Crippen LogP contribution in [-0.4, -0.2) is 11.0 Å². The molecule has 0 saturated heterocycles. The summed E-state index contributed by atoms with van der Waals surface area (Å²) in [4.78, 5) is 12.5. The second-order valence-electron chi connectivity index (χ2n) is 5.67. The Balaban J connectivity index is 1.74. The third-order valence-electron chi connectivity index (χ3n) is 4.30. The minimum atomic E-state index is -0.723. The molecule has 0 bridgehead atoms. The van der Waals surface area contributed by atoms with Crippen molar-refractivity contribution in [2.45, 2.75) is 31.4 Å². The van der Waals surface area contributed by atoms with Gasteiger partial charge in [-0.15, -0.1) is 0 Å². The number of benzene rings is 2. The molecule has 4 heteroatoms. The van der Waals surface area contributed by atoms with Crippen LogP contribution in [-0.2, 0) is 23.4 Å². The van der Waals surface area contributed by atoms with Gasteiger partial charge in [-0.25, -0.2) is 4.39 Å². The molecule has 2 aromatic rings. The van der Waals surface area contributed by atoms with E-state index >= 15 is 0 Å². The van der Waals surface area contributed by atoms with Gasteiger partial charge in [0.2, 0.25) is 5.91 Å². The van der Waals surface area contributed by atoms with E-state index < -0.39 is 5.41 Å². The number of nitrogens with one attached hydrogen (secondary N) is 1. The number of aliphatic hydroxyl groups is 1. The molecule has 1 aliphatic carbocycles. The van der Waals surface area contributed by atoms with Gasteiger partial charge in [-0.2, -0.15) is 0 Å². The normalized spacial score (nSPS) is 15.4. The second-order valence-corrected chi connectivity index (χ2v) is 5.67. The first kappa shape index (κ1) is 14.7. The van der Waals surface area contributed by atoms with Crippen LogP contribution < -0.4 is 5.32 Å². The molecule has 3 nitrogen and oxygen atoms in total. The monoisotopic (exact) mass is 299 g/mol. The SMILES string of the molecule is O=C(NCc1ccccc1CO)C1(c2ccccc2F)CC1. The Morgan fingerprint density at radius 3 is 2.36 bits per heavy atom. The van der Waals surface area contributed by atoms with Crippen LogP contribution in [0, 0.1) is 5.82 Å². The van der Waals surface area contributed by atoms with Gasteiger partial charge in [0.1, 0.15) is 5.82 Å². The molecule has 1 saturated carbocycles. The quantitative estimate of drug-likeness (QED) is 0.892. The number of halogens is 1. The first-order valence-electron chi connectivity index (χ1n) is 7.38. The highest BCUT2D eigenvalue weighted by molar-refractivity contribution is 5.91. The van der Waals surface area contributed by atoms with Gasteiger partial charge >= 0.3 is 0 Å². The number of hydrogen-bond acceptors (Lipinski definition) is 2. The van der Waals surface area contributed by atoms with E-state index in [2.05, 4.69) is 5.32 Å². The van der Waals surface area contributed by atoms with Crippen molar-refractivity contribution in [1.82, 2.24) is 5.32 Å². The molecule has 1 aliphatic rings. The van der Waals surface area contributed by atoms with Crippen LogP contribution in [0.5, 0.6) is 0 Å². The molecule has 3 rings (SSSR count). The van der Waals surface area contributed by atoms with E-state index in [1.54, 1.807) is 18.2 Å². The molecule has 0 unspecified atom stereocenters. The van der Waals surface area contributed by atoms with Gasteiger partial charge in [-0.1, -0.05) is 42.5 Å². The summed E-state index contributed by atoms with van der Waals surface area (Å²) in [5.74, 6) is -0.476. The van der Waals surface area contributed by atoms with Crippen LogP contribution >= 0.6 is 0 Å². The van der Waals surface area contributed by atoms with Crippen molar-refractivity contribution in [3.8, 4) is 0 Å². The average molecular weight is 299 g/mol. The van der Waals surface area contributed by atoms with Crippen molar-refractivity contribution in [1.29, 1.82) is 0 Å². The molecule has 0 aromatic heterocycles. The van der Waals surface area contributed by atoms with Crippen LogP contribution in [0.4, 0.5) is 4.39 Å². The maximum absolute atomic E-state index is 14.0. The smallest absolute Gasteiger partial charge is 0.231 e. The van der Waals surface area contributed by atoms with E-state index in [0.717, 1.165) is 11.1 Å². The van der Waals surface area contributed by atoms with E-state index in [-0.39, 0.29) is 18.3 Å². The van der Waals surface area contributed by atoms with Crippen LogP contribution in [0.15, 0.2) is 48.5 Å². The number of carbonyl (C=O) groups excluding carboxylic acids is 1. The molecule has 0 spiro atoms. The standard InChI is InChI=1S/C18H18FNO2/c19-16-8-4-3-7-15(16)18(9-10-18)17(22)20-11-13-5-1-2-6-14(13)12-21/h1-8,21H,9-12H2,(H,20,22). The van der Waals surface area contributed by atoms with E-state index in [4.69, 9.17) is 0 Å². The minimum absolute atomic E-state index is 0.0650. The molecule has 2 N–H and O–H groups in total. The third-order valence-corrected chi connectivity index (χ3v) is 4.30. The number of aliphatic hydroxyl groups excluding tert-OH is 1. The Kier molecular flexibility index (Phi) is 3.94. The van der Waals surface area contributed by atoms with Gasteiger partial charge in [-0.3, -0.25) is 4.79 Å². The number of amides is 1. The molecular weight excluding hydrogens is 281 g/mol. The van der Waals surface area contributed by atoms with Gasteiger partial charge in [-0.05, 0) is 30.0 Å². The third kappa shape index (κ3) is 2.62. The molecule has 1 fully saturated rings. The predicted molar refractivity (Wildman–Crippen MR) is 81.5 cm³/mol. The zero-order valence-corrected chi connectivity index (χ0v) is 12.2. The van der Waals surface area contributed by atoms with Crippen LogP contribution in [0.25, 0.3) is 0 Å². The van der Waals surface area contributed by atoms with Crippen molar-refractivity contribution in [3.63, 3.8) is 0 Å². The number of hydrogen-bond donors (Lipinski definition) is 2. The number of carbonyl (C=O) groups is 1. The summed E-state index contributed by atoms with van der Waals surface area (Å²) in [5.41, 5.74) is 1.42. The zero-order valence-electron chi connectivity index (χ0n) is 12.2. The summed E-state index contributed by atoms with van der Waals surface area (Å²) >= 11 is 0. The van der Waals surface area contributed by atoms with Crippen LogP contribution in [0.2, 0.25) is 0 Å². The molecule has 0 radical (unpaired) electrons. The second kappa shape index (κ2) is 5.89. The Labute approximate surface area is 128 Å². The van der Waals surface area contributed by atoms with Crippen molar-refractivity contribution in [2.24, 2.45) is 0 Å². The van der Waals surface area contributed by atoms with Gasteiger partial charge in [0.05, 0.1) is 12.0 Å². The lowest BCUT2D eigenvalue weighted by atomic mass is 9.94. The average Bonchev–Trinajstić information content (AvgIpc) is 3.35. The first-order valence-corrected chi connectivity index (χ1v) is 7.38. The highest BCUT2D eigenvalue weighted by atomic mass is 19.1. The van der Waals surface area contributed by atoms with E-state index in [1.165, 1.54) is 6.07 Å². The topological polar surface area (TPSA) is 49.3 Å². The zero-order chi connectivity index (χ0) is 15.6. The van der Waals surface area contributed by atoms with Crippen molar-refractivity contribution >= 4 is 5.91 Å². The molecule has 114 valence electrons. The molecule has 1 amide bonds. The van der Waals surface area contributed by atoms with E-state index in [1.807, 2.05) is 24.3 Å². The van der Waals surface area contributed by atoms with Gasteiger partial charge in [0.25, 0.3) is 0 Å². The largest absolute Gasteiger partial charge is 0.392 e. The molecular formula is C18H18FNO2. The van der Waals surface area contributed by atoms with Gasteiger partial charge in [0.15, 0.2) is 0 Å². The van der Waals surface area contributed by atoms with E-state index in [0.29, 0.717) is 24.9 Å². The summed E-state index contributed by atoms with van der Waals surface area (Å²) in [7, 11) is 0. The fourth-order valence-corrected chi connectivity index (χ4v) is 2.82. The van der Waals surface area contributed by atoms with Gasteiger partial charge < -0.3 is 10.4 Å². The number of rotatable bonds is 5.